The number of nitrogens with zero attached hydrogens (tertiary/aromatic N) is 1. The fraction of sp³-hybridized carbons (Fsp3) is 0.200. The zero-order valence-electron chi connectivity index (χ0n) is 14.8. The maximum absolute atomic E-state index is 12.4. The molecule has 0 aromatic heterocycles. The molecule has 0 saturated heterocycles. The third-order valence-electron chi connectivity index (χ3n) is 4.97. The lowest BCUT2D eigenvalue weighted by molar-refractivity contribution is 0.0954. The second-order valence-electron chi connectivity index (χ2n) is 6.83. The van der Waals surface area contributed by atoms with Gasteiger partial charge in [-0.2, -0.15) is 5.10 Å². The maximum Gasteiger partial charge on any atom is 0.271 e. The van der Waals surface area contributed by atoms with Crippen LogP contribution in [0.2, 0.25) is 0 Å². The highest BCUT2D eigenvalue weighted by Crippen LogP contribution is 2.40. The Morgan fingerprint density at radius 1 is 1.07 bits per heavy atom. The molecule has 0 bridgehead atoms. The monoisotopic (exact) mass is 459 g/mol. The van der Waals surface area contributed by atoms with E-state index in [1.807, 2.05) is 0 Å². The molecule has 4 rings (SSSR count). The minimum absolute atomic E-state index is 0.160. The van der Waals surface area contributed by atoms with Crippen molar-refractivity contribution in [2.45, 2.75) is 17.7 Å². The minimum atomic E-state index is -3.69. The van der Waals surface area contributed by atoms with Crippen LogP contribution >= 0.6 is 15.9 Å². The molecule has 2 atom stereocenters. The molecule has 0 radical (unpaired) electrons. The summed E-state index contributed by atoms with van der Waals surface area (Å²) >= 11 is 3.28. The Hall–Kier alpha value is -2.45. The summed E-state index contributed by atoms with van der Waals surface area (Å²) in [5.41, 5.74) is 4.38. The Bertz CT molecular complexity index is 1060. The van der Waals surface area contributed by atoms with Crippen LogP contribution in [0.1, 0.15) is 23.2 Å². The van der Waals surface area contributed by atoms with E-state index in [1.165, 1.54) is 12.1 Å². The number of allylic oxidation sites excluding steroid dienone is 2. The van der Waals surface area contributed by atoms with Crippen LogP contribution in [0, 0.1) is 11.8 Å². The Labute approximate surface area is 171 Å². The van der Waals surface area contributed by atoms with Crippen LogP contribution in [-0.4, -0.2) is 20.0 Å². The second kappa shape index (κ2) is 7.52. The Morgan fingerprint density at radius 3 is 2.46 bits per heavy atom. The van der Waals surface area contributed by atoms with Crippen molar-refractivity contribution < 1.29 is 13.2 Å². The van der Waals surface area contributed by atoms with Crippen LogP contribution in [0.3, 0.4) is 0 Å². The lowest BCUT2D eigenvalue weighted by Gasteiger charge is -2.31. The van der Waals surface area contributed by atoms with E-state index >= 15 is 0 Å². The molecular weight excluding hydrogens is 442 g/mol. The Kier molecular flexibility index (Phi) is 5.07. The summed E-state index contributed by atoms with van der Waals surface area (Å²) in [5, 5.41) is 4.23. The average molecular weight is 460 g/mol. The number of hydrogen-bond donors (Lipinski definition) is 2. The van der Waals surface area contributed by atoms with Gasteiger partial charge >= 0.3 is 0 Å². The first kappa shape index (κ1) is 18.9. The lowest BCUT2D eigenvalue weighted by Crippen LogP contribution is -2.35. The number of benzene rings is 2. The zero-order valence-corrected chi connectivity index (χ0v) is 17.2. The number of halogens is 1. The molecule has 28 heavy (non-hydrogen) atoms. The molecule has 0 aliphatic heterocycles. The SMILES string of the molecule is O=C(N/N=C1/CC2CC=CC12)c1ccc(NS(=O)(=O)c2ccc(Br)cc2)cc1. The number of anilines is 1. The van der Waals surface area contributed by atoms with Gasteiger partial charge in [0.15, 0.2) is 0 Å². The highest BCUT2D eigenvalue weighted by atomic mass is 79.9. The van der Waals surface area contributed by atoms with Crippen molar-refractivity contribution in [3.8, 4) is 0 Å². The molecule has 0 heterocycles. The van der Waals surface area contributed by atoms with Gasteiger partial charge in [0, 0.05) is 27.4 Å². The maximum atomic E-state index is 12.4. The summed E-state index contributed by atoms with van der Waals surface area (Å²) in [6.07, 6.45) is 6.32. The molecule has 2 aliphatic rings. The number of nitrogens with one attached hydrogen (secondary N) is 2. The van der Waals surface area contributed by atoms with Gasteiger partial charge in [-0.15, -0.1) is 0 Å². The average Bonchev–Trinajstić information content (AvgIpc) is 3.03. The molecular formula is C20H18BrN3O3S. The summed E-state index contributed by atoms with van der Waals surface area (Å²) in [7, 11) is -3.69. The first-order chi connectivity index (χ1) is 13.4. The summed E-state index contributed by atoms with van der Waals surface area (Å²) in [6, 6.07) is 12.6. The molecule has 144 valence electrons. The minimum Gasteiger partial charge on any atom is -0.280 e. The summed E-state index contributed by atoms with van der Waals surface area (Å²) < 4.78 is 28.1. The van der Waals surface area contributed by atoms with E-state index in [-0.39, 0.29) is 10.8 Å². The Balaban J connectivity index is 1.39. The highest BCUT2D eigenvalue weighted by molar-refractivity contribution is 9.10. The number of hydrazone groups is 1. The fourth-order valence-electron chi connectivity index (χ4n) is 3.37. The van der Waals surface area contributed by atoms with Gasteiger partial charge in [-0.05, 0) is 67.3 Å². The topological polar surface area (TPSA) is 87.6 Å². The smallest absolute Gasteiger partial charge is 0.271 e. The van der Waals surface area contributed by atoms with Crippen molar-refractivity contribution in [3.63, 3.8) is 0 Å². The van der Waals surface area contributed by atoms with Crippen molar-refractivity contribution in [1.82, 2.24) is 5.43 Å². The third kappa shape index (κ3) is 3.88. The third-order valence-corrected chi connectivity index (χ3v) is 6.90. The van der Waals surface area contributed by atoms with Gasteiger partial charge in [0.25, 0.3) is 15.9 Å². The van der Waals surface area contributed by atoms with Crippen LogP contribution in [0.15, 0.2) is 75.2 Å². The van der Waals surface area contributed by atoms with Crippen LogP contribution in [0.25, 0.3) is 0 Å². The van der Waals surface area contributed by atoms with E-state index in [9.17, 15) is 13.2 Å². The van der Waals surface area contributed by atoms with Gasteiger partial charge in [0.1, 0.15) is 0 Å². The molecule has 1 fully saturated rings. The van der Waals surface area contributed by atoms with Gasteiger partial charge in [0.2, 0.25) is 0 Å². The number of hydrogen-bond acceptors (Lipinski definition) is 4. The molecule has 0 spiro atoms. The standard InChI is InChI=1S/C20H18BrN3O3S/c21-15-6-10-17(11-7-15)28(26,27)24-16-8-4-13(5-9-16)20(25)23-22-19-12-14-2-1-3-18(14)19/h1,3-11,14,18,24H,2,12H2,(H,23,25)/b22-19-. The van der Waals surface area contributed by atoms with Crippen molar-refractivity contribution >= 4 is 43.3 Å². The molecule has 2 aliphatic carbocycles. The number of carbonyl (C=O) groups is 1. The van der Waals surface area contributed by atoms with Gasteiger partial charge < -0.3 is 0 Å². The normalized spacial score (nSPS) is 21.8. The number of amides is 1. The van der Waals surface area contributed by atoms with E-state index in [2.05, 4.69) is 43.3 Å². The van der Waals surface area contributed by atoms with E-state index in [0.29, 0.717) is 23.1 Å². The molecule has 2 aromatic carbocycles. The summed E-state index contributed by atoms with van der Waals surface area (Å²) in [5.74, 6) is 0.699. The molecule has 6 nitrogen and oxygen atoms in total. The highest BCUT2D eigenvalue weighted by Gasteiger charge is 2.37. The van der Waals surface area contributed by atoms with Crippen LogP contribution in [0.4, 0.5) is 5.69 Å². The van der Waals surface area contributed by atoms with Crippen molar-refractivity contribution in [3.05, 3.63) is 70.7 Å². The van der Waals surface area contributed by atoms with E-state index in [4.69, 9.17) is 0 Å². The zero-order chi connectivity index (χ0) is 19.7. The van der Waals surface area contributed by atoms with E-state index in [1.54, 1.807) is 36.4 Å². The quantitative estimate of drug-likeness (QED) is 0.524. The summed E-state index contributed by atoms with van der Waals surface area (Å²) in [6.45, 7) is 0. The van der Waals surface area contributed by atoms with E-state index < -0.39 is 10.0 Å². The van der Waals surface area contributed by atoms with Gasteiger partial charge in [-0.25, -0.2) is 13.8 Å². The Morgan fingerprint density at radius 2 is 1.79 bits per heavy atom. The largest absolute Gasteiger partial charge is 0.280 e. The first-order valence-corrected chi connectivity index (χ1v) is 11.1. The van der Waals surface area contributed by atoms with Crippen LogP contribution in [-0.2, 0) is 10.0 Å². The van der Waals surface area contributed by atoms with Crippen molar-refractivity contribution in [2.24, 2.45) is 16.9 Å². The molecule has 8 heteroatoms. The number of rotatable bonds is 5. The molecule has 2 aromatic rings. The first-order valence-electron chi connectivity index (χ1n) is 8.84. The van der Waals surface area contributed by atoms with Crippen LogP contribution in [0.5, 0.6) is 0 Å². The van der Waals surface area contributed by atoms with Crippen molar-refractivity contribution in [1.29, 1.82) is 0 Å². The predicted molar refractivity (Wildman–Crippen MR) is 112 cm³/mol. The van der Waals surface area contributed by atoms with E-state index in [0.717, 1.165) is 23.0 Å². The molecule has 1 saturated carbocycles. The number of carbonyl (C=O) groups excluding carboxylic acids is 1. The molecule has 2 N–H and O–H groups in total. The van der Waals surface area contributed by atoms with Crippen LogP contribution < -0.4 is 10.1 Å². The predicted octanol–water partition coefficient (Wildman–Crippen LogP) is 3.93. The van der Waals surface area contributed by atoms with Gasteiger partial charge in [0.05, 0.1) is 4.90 Å². The second-order valence-corrected chi connectivity index (χ2v) is 9.43. The number of fused-ring (bicyclic) bond motifs is 1. The fourth-order valence-corrected chi connectivity index (χ4v) is 4.69. The number of sulfonamides is 1. The van der Waals surface area contributed by atoms with Gasteiger partial charge in [-0.1, -0.05) is 28.1 Å². The summed E-state index contributed by atoms with van der Waals surface area (Å²) in [4.78, 5) is 12.4. The van der Waals surface area contributed by atoms with Crippen molar-refractivity contribution in [2.75, 3.05) is 4.72 Å². The lowest BCUT2D eigenvalue weighted by atomic mass is 9.74. The molecule has 2 unspecified atom stereocenters. The van der Waals surface area contributed by atoms with Gasteiger partial charge in [-0.3, -0.25) is 9.52 Å². The molecule has 1 amide bonds.